The molecule has 21 heavy (non-hydrogen) atoms. The maximum Gasteiger partial charge on any atom is 0.178 e. The minimum Gasteiger partial charge on any atom is -0.497 e. The molecule has 4 nitrogen and oxygen atoms in total. The molecule has 0 radical (unpaired) electrons. The number of hydrogen-bond donors (Lipinski definition) is 1. The maximum atomic E-state index is 5.49. The van der Waals surface area contributed by atoms with Crippen molar-refractivity contribution in [3.8, 4) is 5.75 Å². The number of hydrogen-bond acceptors (Lipinski definition) is 3. The van der Waals surface area contributed by atoms with E-state index in [0.717, 1.165) is 34.6 Å². The van der Waals surface area contributed by atoms with Crippen molar-refractivity contribution in [1.29, 1.82) is 0 Å². The second-order valence-corrected chi connectivity index (χ2v) is 6.42. The Morgan fingerprint density at radius 2 is 2.05 bits per heavy atom. The highest BCUT2D eigenvalue weighted by Gasteiger charge is 2.16. The minimum absolute atomic E-state index is 0.593. The first-order valence-electron chi connectivity index (χ1n) is 7.66. The highest BCUT2D eigenvalue weighted by atomic mass is 32.1. The van der Waals surface area contributed by atoms with E-state index in [1.165, 1.54) is 25.9 Å². The molecule has 2 aromatic rings. The topological polar surface area (TPSA) is 33.2 Å². The first kappa shape index (κ1) is 14.6. The lowest BCUT2D eigenvalue weighted by Gasteiger charge is -2.20. The van der Waals surface area contributed by atoms with Gasteiger partial charge in [0.25, 0.3) is 0 Å². The molecule has 5 heteroatoms. The van der Waals surface area contributed by atoms with Crippen LogP contribution in [0.5, 0.6) is 5.75 Å². The average Bonchev–Trinajstić information content (AvgIpc) is 3.07. The van der Waals surface area contributed by atoms with Crippen LogP contribution in [0.4, 0.5) is 0 Å². The standard InChI is InChI=1S/C16H23N3OS/c1-12(10-18-7-3-4-8-18)11-19-15-6-5-13(20-2)9-14(15)17-16(19)21/h5-6,9,12H,3-4,7-8,10-11H2,1-2H3,(H,17,21). The fraction of sp³-hybridized carbons (Fsp3) is 0.562. The molecule has 0 aliphatic carbocycles. The molecule has 1 N–H and O–H groups in total. The molecule has 1 saturated heterocycles. The van der Waals surface area contributed by atoms with E-state index in [2.05, 4.69) is 27.4 Å². The second-order valence-electron chi connectivity index (χ2n) is 6.04. The van der Waals surface area contributed by atoms with Crippen LogP contribution in [0.15, 0.2) is 18.2 Å². The number of nitrogens with one attached hydrogen (secondary N) is 1. The van der Waals surface area contributed by atoms with E-state index < -0.39 is 0 Å². The van der Waals surface area contributed by atoms with Crippen LogP contribution in [0.2, 0.25) is 0 Å². The maximum absolute atomic E-state index is 5.49. The van der Waals surface area contributed by atoms with Gasteiger partial charge in [-0.15, -0.1) is 0 Å². The van der Waals surface area contributed by atoms with Crippen molar-refractivity contribution in [2.45, 2.75) is 26.3 Å². The molecule has 2 heterocycles. The van der Waals surface area contributed by atoms with Gasteiger partial charge in [-0.05, 0) is 56.2 Å². The van der Waals surface area contributed by atoms with Crippen LogP contribution in [0.25, 0.3) is 11.0 Å². The summed E-state index contributed by atoms with van der Waals surface area (Å²) >= 11 is 5.49. The Balaban J connectivity index is 1.79. The van der Waals surface area contributed by atoms with E-state index in [1.807, 2.05) is 12.1 Å². The number of aromatic amines is 1. The van der Waals surface area contributed by atoms with Crippen LogP contribution < -0.4 is 4.74 Å². The molecule has 0 spiro atoms. The normalized spacial score (nSPS) is 17.4. The van der Waals surface area contributed by atoms with Gasteiger partial charge in [0, 0.05) is 19.2 Å². The molecule has 1 aliphatic heterocycles. The van der Waals surface area contributed by atoms with Crippen LogP contribution in [0.3, 0.4) is 0 Å². The number of fused-ring (bicyclic) bond motifs is 1. The summed E-state index contributed by atoms with van der Waals surface area (Å²) in [4.78, 5) is 5.85. The Morgan fingerprint density at radius 1 is 1.29 bits per heavy atom. The van der Waals surface area contributed by atoms with Crippen molar-refractivity contribution in [2.24, 2.45) is 5.92 Å². The molecule has 1 atom stereocenters. The van der Waals surface area contributed by atoms with Gasteiger partial charge in [-0.1, -0.05) is 6.92 Å². The number of likely N-dealkylation sites (tertiary alicyclic amines) is 1. The summed E-state index contributed by atoms with van der Waals surface area (Å²) in [5.41, 5.74) is 2.21. The van der Waals surface area contributed by atoms with Crippen LogP contribution in [0, 0.1) is 10.7 Å². The number of H-pyrrole nitrogens is 1. The fourth-order valence-corrected chi connectivity index (χ4v) is 3.51. The van der Waals surface area contributed by atoms with E-state index >= 15 is 0 Å². The summed E-state index contributed by atoms with van der Waals surface area (Å²) in [7, 11) is 1.69. The molecule has 3 rings (SSSR count). The van der Waals surface area contributed by atoms with Crippen LogP contribution in [0.1, 0.15) is 19.8 Å². The van der Waals surface area contributed by atoms with E-state index in [0.29, 0.717) is 5.92 Å². The van der Waals surface area contributed by atoms with E-state index in [9.17, 15) is 0 Å². The molecule has 0 amide bonds. The van der Waals surface area contributed by atoms with Crippen molar-refractivity contribution in [2.75, 3.05) is 26.7 Å². The van der Waals surface area contributed by atoms with Gasteiger partial charge >= 0.3 is 0 Å². The molecule has 1 fully saturated rings. The lowest BCUT2D eigenvalue weighted by Crippen LogP contribution is -2.27. The smallest absolute Gasteiger partial charge is 0.178 e. The van der Waals surface area contributed by atoms with Gasteiger partial charge in [0.15, 0.2) is 4.77 Å². The van der Waals surface area contributed by atoms with Gasteiger partial charge < -0.3 is 19.2 Å². The first-order chi connectivity index (χ1) is 10.2. The molecule has 1 aliphatic rings. The van der Waals surface area contributed by atoms with E-state index in [-0.39, 0.29) is 0 Å². The third-order valence-electron chi connectivity index (χ3n) is 4.24. The van der Waals surface area contributed by atoms with Gasteiger partial charge in [0.05, 0.1) is 18.1 Å². The number of nitrogens with zero attached hydrogens (tertiary/aromatic N) is 2. The molecular formula is C16H23N3OS. The Labute approximate surface area is 130 Å². The predicted molar refractivity (Wildman–Crippen MR) is 88.5 cm³/mol. The SMILES string of the molecule is COc1ccc2c(c1)[nH]c(=S)n2CC(C)CN1CCCC1. The second kappa shape index (κ2) is 6.20. The summed E-state index contributed by atoms with van der Waals surface area (Å²) in [6.45, 7) is 6.93. The number of methoxy groups -OCH3 is 1. The molecule has 1 unspecified atom stereocenters. The van der Waals surface area contributed by atoms with Crippen molar-refractivity contribution < 1.29 is 4.74 Å². The van der Waals surface area contributed by atoms with E-state index in [4.69, 9.17) is 17.0 Å². The third-order valence-corrected chi connectivity index (χ3v) is 4.57. The average molecular weight is 305 g/mol. The number of benzene rings is 1. The number of rotatable bonds is 5. The van der Waals surface area contributed by atoms with Gasteiger partial charge in [-0.25, -0.2) is 0 Å². The third kappa shape index (κ3) is 3.14. The highest BCUT2D eigenvalue weighted by molar-refractivity contribution is 7.71. The number of imidazole rings is 1. The van der Waals surface area contributed by atoms with Crippen LogP contribution >= 0.6 is 12.2 Å². The van der Waals surface area contributed by atoms with Gasteiger partial charge in [0.1, 0.15) is 5.75 Å². The summed E-state index contributed by atoms with van der Waals surface area (Å²) < 4.78 is 8.28. The van der Waals surface area contributed by atoms with Crippen molar-refractivity contribution >= 4 is 23.3 Å². The molecule has 0 bridgehead atoms. The zero-order valence-electron chi connectivity index (χ0n) is 12.8. The van der Waals surface area contributed by atoms with Crippen molar-refractivity contribution in [1.82, 2.24) is 14.5 Å². The van der Waals surface area contributed by atoms with Crippen LogP contribution in [-0.4, -0.2) is 41.2 Å². The van der Waals surface area contributed by atoms with Crippen molar-refractivity contribution in [3.63, 3.8) is 0 Å². The largest absolute Gasteiger partial charge is 0.497 e. The summed E-state index contributed by atoms with van der Waals surface area (Å²) in [6, 6.07) is 6.09. The highest BCUT2D eigenvalue weighted by Crippen LogP contribution is 2.22. The zero-order valence-corrected chi connectivity index (χ0v) is 13.6. The lowest BCUT2D eigenvalue weighted by molar-refractivity contribution is 0.272. The van der Waals surface area contributed by atoms with E-state index in [1.54, 1.807) is 7.11 Å². The van der Waals surface area contributed by atoms with Gasteiger partial charge in [-0.2, -0.15) is 0 Å². The molecule has 0 saturated carbocycles. The Kier molecular flexibility index (Phi) is 4.31. The Morgan fingerprint density at radius 3 is 2.76 bits per heavy atom. The summed E-state index contributed by atoms with van der Waals surface area (Å²) in [6.07, 6.45) is 2.69. The molecule has 1 aromatic heterocycles. The summed E-state index contributed by atoms with van der Waals surface area (Å²) in [5, 5.41) is 0. The molecule has 114 valence electrons. The molecular weight excluding hydrogens is 282 g/mol. The number of ether oxygens (including phenoxy) is 1. The minimum atomic E-state index is 0.593. The Hall–Kier alpha value is -1.33. The number of aromatic nitrogens is 2. The quantitative estimate of drug-likeness (QED) is 0.859. The monoisotopic (exact) mass is 305 g/mol. The summed E-state index contributed by atoms with van der Waals surface area (Å²) in [5.74, 6) is 1.45. The Bertz CT molecular complexity index is 670. The van der Waals surface area contributed by atoms with Gasteiger partial charge in [-0.3, -0.25) is 0 Å². The lowest BCUT2D eigenvalue weighted by atomic mass is 10.1. The zero-order chi connectivity index (χ0) is 14.8. The fourth-order valence-electron chi connectivity index (χ4n) is 3.23. The van der Waals surface area contributed by atoms with Crippen LogP contribution in [-0.2, 0) is 6.54 Å². The first-order valence-corrected chi connectivity index (χ1v) is 8.07. The molecule has 1 aromatic carbocycles. The predicted octanol–water partition coefficient (Wildman–Crippen LogP) is 3.44. The van der Waals surface area contributed by atoms with Crippen molar-refractivity contribution in [3.05, 3.63) is 23.0 Å². The van der Waals surface area contributed by atoms with Gasteiger partial charge in [0.2, 0.25) is 0 Å².